The largest absolute Gasteiger partial charge is 0.489 e. The monoisotopic (exact) mass is 278 g/mol. The van der Waals surface area contributed by atoms with E-state index in [1.165, 1.54) is 10.4 Å². The number of rotatable bonds is 6. The van der Waals surface area contributed by atoms with Crippen molar-refractivity contribution in [1.82, 2.24) is 0 Å². The van der Waals surface area contributed by atoms with E-state index in [0.717, 1.165) is 12.2 Å². The third-order valence-electron chi connectivity index (χ3n) is 2.62. The van der Waals surface area contributed by atoms with Gasteiger partial charge in [-0.3, -0.25) is 0 Å². The van der Waals surface area contributed by atoms with Gasteiger partial charge in [0.2, 0.25) is 0 Å². The summed E-state index contributed by atoms with van der Waals surface area (Å²) in [4.78, 5) is 1.29. The van der Waals surface area contributed by atoms with Crippen molar-refractivity contribution in [2.45, 2.75) is 13.5 Å². The number of thiophene rings is 1. The zero-order chi connectivity index (χ0) is 13.7. The van der Waals surface area contributed by atoms with Crippen molar-refractivity contribution in [3.8, 4) is 5.75 Å². The van der Waals surface area contributed by atoms with E-state index in [-0.39, 0.29) is 13.2 Å². The summed E-state index contributed by atoms with van der Waals surface area (Å²) < 4.78 is 5.47. The van der Waals surface area contributed by atoms with E-state index in [2.05, 4.69) is 23.7 Å². The minimum atomic E-state index is -0.00641. The number of ether oxygens (including phenoxy) is 1. The Labute approximate surface area is 116 Å². The second-order valence-electron chi connectivity index (χ2n) is 4.25. The minimum absolute atomic E-state index is 0.00641. The summed E-state index contributed by atoms with van der Waals surface area (Å²) in [7, 11) is 0. The van der Waals surface area contributed by atoms with E-state index in [9.17, 15) is 0 Å². The molecule has 2 aromatic rings. The van der Waals surface area contributed by atoms with Gasteiger partial charge in [-0.1, -0.05) is 0 Å². The highest BCUT2D eigenvalue weighted by Gasteiger charge is 2.05. The van der Waals surface area contributed by atoms with Crippen LogP contribution in [0, 0.1) is 6.92 Å². The van der Waals surface area contributed by atoms with E-state index in [0.29, 0.717) is 11.4 Å². The third-order valence-corrected chi connectivity index (χ3v) is 3.53. The predicted octanol–water partition coefficient (Wildman–Crippen LogP) is 2.62. The van der Waals surface area contributed by atoms with E-state index in [4.69, 9.17) is 15.6 Å². The van der Waals surface area contributed by atoms with Gasteiger partial charge in [0, 0.05) is 17.1 Å². The number of aliphatic hydroxyl groups excluding tert-OH is 1. The molecule has 0 spiro atoms. The quantitative estimate of drug-likeness (QED) is 0.711. The Balaban J connectivity index is 2.06. The number of aliphatic hydroxyl groups is 1. The van der Waals surface area contributed by atoms with Gasteiger partial charge in [-0.2, -0.15) is 0 Å². The first kappa shape index (κ1) is 13.7. The Bertz CT molecular complexity index is 540. The first-order valence-corrected chi connectivity index (χ1v) is 6.98. The van der Waals surface area contributed by atoms with Crippen LogP contribution in [0.2, 0.25) is 0 Å². The summed E-state index contributed by atoms with van der Waals surface area (Å²) in [5, 5.41) is 14.3. The molecule has 4 nitrogen and oxygen atoms in total. The molecule has 5 heteroatoms. The van der Waals surface area contributed by atoms with Crippen LogP contribution in [-0.2, 0) is 6.54 Å². The van der Waals surface area contributed by atoms with E-state index < -0.39 is 0 Å². The molecule has 0 aliphatic heterocycles. The van der Waals surface area contributed by atoms with Crippen LogP contribution in [0.25, 0.3) is 0 Å². The van der Waals surface area contributed by atoms with Crippen LogP contribution in [0.4, 0.5) is 11.4 Å². The fourth-order valence-corrected chi connectivity index (χ4v) is 2.46. The molecule has 0 atom stereocenters. The van der Waals surface area contributed by atoms with Crippen LogP contribution in [0.1, 0.15) is 10.4 Å². The van der Waals surface area contributed by atoms with Crippen LogP contribution in [-0.4, -0.2) is 18.3 Å². The summed E-state index contributed by atoms with van der Waals surface area (Å²) >= 11 is 1.73. The number of nitrogens with two attached hydrogens (primary N) is 1. The van der Waals surface area contributed by atoms with Gasteiger partial charge in [0.05, 0.1) is 12.3 Å². The number of hydrogen-bond acceptors (Lipinski definition) is 5. The number of anilines is 2. The molecule has 4 N–H and O–H groups in total. The molecule has 0 radical (unpaired) electrons. The molecule has 102 valence electrons. The summed E-state index contributed by atoms with van der Waals surface area (Å²) in [6.07, 6.45) is 0. The maximum absolute atomic E-state index is 8.81. The standard InChI is InChI=1S/C14H18N2O2S/c1-10-6-11(9-19-10)8-16-13-7-12(15)2-3-14(13)18-5-4-17/h2-3,6-7,9,16-17H,4-5,8,15H2,1H3. The second-order valence-corrected chi connectivity index (χ2v) is 5.36. The van der Waals surface area contributed by atoms with Crippen molar-refractivity contribution in [2.75, 3.05) is 24.3 Å². The summed E-state index contributed by atoms with van der Waals surface area (Å²) in [6.45, 7) is 3.08. The lowest BCUT2D eigenvalue weighted by Crippen LogP contribution is -2.06. The maximum atomic E-state index is 8.81. The number of nitrogens with one attached hydrogen (secondary N) is 1. The average molecular weight is 278 g/mol. The topological polar surface area (TPSA) is 67.5 Å². The highest BCUT2D eigenvalue weighted by atomic mass is 32.1. The van der Waals surface area contributed by atoms with Crippen LogP contribution in [0.5, 0.6) is 5.75 Å². The normalized spacial score (nSPS) is 10.4. The molecule has 19 heavy (non-hydrogen) atoms. The molecular weight excluding hydrogens is 260 g/mol. The van der Waals surface area contributed by atoms with Gasteiger partial charge in [0.15, 0.2) is 0 Å². The maximum Gasteiger partial charge on any atom is 0.142 e. The van der Waals surface area contributed by atoms with Gasteiger partial charge in [-0.25, -0.2) is 0 Å². The van der Waals surface area contributed by atoms with Crippen LogP contribution < -0.4 is 15.8 Å². The number of hydrogen-bond donors (Lipinski definition) is 3. The molecule has 0 aliphatic carbocycles. The van der Waals surface area contributed by atoms with Gasteiger partial charge in [0.25, 0.3) is 0 Å². The molecule has 0 saturated heterocycles. The highest BCUT2D eigenvalue weighted by Crippen LogP contribution is 2.27. The van der Waals surface area contributed by atoms with Gasteiger partial charge >= 0.3 is 0 Å². The molecule has 1 aromatic carbocycles. The summed E-state index contributed by atoms with van der Waals surface area (Å²) in [5.41, 5.74) is 8.55. The smallest absolute Gasteiger partial charge is 0.142 e. The lowest BCUT2D eigenvalue weighted by molar-refractivity contribution is 0.202. The third kappa shape index (κ3) is 3.87. The predicted molar refractivity (Wildman–Crippen MR) is 79.8 cm³/mol. The zero-order valence-electron chi connectivity index (χ0n) is 10.8. The molecule has 1 aromatic heterocycles. The minimum Gasteiger partial charge on any atom is -0.489 e. The van der Waals surface area contributed by atoms with Gasteiger partial charge in [-0.05, 0) is 42.1 Å². The van der Waals surface area contributed by atoms with Crippen LogP contribution in [0.3, 0.4) is 0 Å². The first-order valence-electron chi connectivity index (χ1n) is 6.10. The molecule has 0 aliphatic rings. The van der Waals surface area contributed by atoms with Crippen molar-refractivity contribution in [2.24, 2.45) is 0 Å². The lowest BCUT2D eigenvalue weighted by atomic mass is 10.2. The van der Waals surface area contributed by atoms with E-state index in [1.54, 1.807) is 17.4 Å². The van der Waals surface area contributed by atoms with Crippen molar-refractivity contribution < 1.29 is 9.84 Å². The summed E-state index contributed by atoms with van der Waals surface area (Å²) in [5.74, 6) is 0.704. The van der Waals surface area contributed by atoms with Crippen molar-refractivity contribution >= 4 is 22.7 Å². The van der Waals surface area contributed by atoms with Gasteiger partial charge < -0.3 is 20.9 Å². The van der Waals surface area contributed by atoms with Gasteiger partial charge in [0.1, 0.15) is 12.4 Å². The highest BCUT2D eigenvalue weighted by molar-refractivity contribution is 7.10. The molecule has 0 fully saturated rings. The van der Waals surface area contributed by atoms with E-state index >= 15 is 0 Å². The van der Waals surface area contributed by atoms with E-state index in [1.807, 2.05) is 12.1 Å². The van der Waals surface area contributed by atoms with Crippen molar-refractivity contribution in [3.05, 3.63) is 40.1 Å². The fraction of sp³-hybridized carbons (Fsp3) is 0.286. The number of aryl methyl sites for hydroxylation is 1. The molecule has 0 unspecified atom stereocenters. The number of benzene rings is 1. The Hall–Kier alpha value is -1.72. The van der Waals surface area contributed by atoms with Crippen molar-refractivity contribution in [3.63, 3.8) is 0 Å². The van der Waals surface area contributed by atoms with Crippen LogP contribution >= 0.6 is 11.3 Å². The Morgan fingerprint density at radius 3 is 2.89 bits per heavy atom. The summed E-state index contributed by atoms with van der Waals surface area (Å²) in [6, 6.07) is 7.59. The second kappa shape index (κ2) is 6.45. The fourth-order valence-electron chi connectivity index (χ4n) is 1.75. The SMILES string of the molecule is Cc1cc(CNc2cc(N)ccc2OCCO)cs1. The zero-order valence-corrected chi connectivity index (χ0v) is 11.7. The molecule has 0 saturated carbocycles. The molecule has 0 bridgehead atoms. The lowest BCUT2D eigenvalue weighted by Gasteiger charge is -2.13. The Kier molecular flexibility index (Phi) is 4.65. The van der Waals surface area contributed by atoms with Crippen LogP contribution in [0.15, 0.2) is 29.6 Å². The Morgan fingerprint density at radius 2 is 2.21 bits per heavy atom. The number of nitrogen functional groups attached to an aromatic ring is 1. The Morgan fingerprint density at radius 1 is 1.37 bits per heavy atom. The molecule has 0 amide bonds. The molecule has 1 heterocycles. The first-order chi connectivity index (χ1) is 9.19. The molecular formula is C14H18N2O2S. The van der Waals surface area contributed by atoms with Gasteiger partial charge in [-0.15, -0.1) is 11.3 Å². The van der Waals surface area contributed by atoms with Crippen molar-refractivity contribution in [1.29, 1.82) is 0 Å². The average Bonchev–Trinajstić information content (AvgIpc) is 2.81. The molecule has 2 rings (SSSR count).